The lowest BCUT2D eigenvalue weighted by Gasteiger charge is -2.10. The van der Waals surface area contributed by atoms with Gasteiger partial charge in [-0.05, 0) is 25.2 Å². The summed E-state index contributed by atoms with van der Waals surface area (Å²) in [5, 5.41) is 0. The number of hydrogen-bond donors (Lipinski definition) is 1. The highest BCUT2D eigenvalue weighted by Crippen LogP contribution is 2.38. The predicted octanol–water partition coefficient (Wildman–Crippen LogP) is 3.41. The van der Waals surface area contributed by atoms with E-state index < -0.39 is 0 Å². The van der Waals surface area contributed by atoms with Crippen molar-refractivity contribution in [1.29, 1.82) is 0 Å². The van der Waals surface area contributed by atoms with Crippen molar-refractivity contribution in [3.05, 3.63) is 36.2 Å². The summed E-state index contributed by atoms with van der Waals surface area (Å²) < 4.78 is 0. The topological polar surface area (TPSA) is 64.7 Å². The standard InChI is InChI=1S/C16H20N4/c1-2-11-8-9-13(10-11)15-18-14(19-16(17)20-15)12-6-4-3-5-7-12/h3-7,11,13H,2,8-10H2,1H3,(H2,17,18,19,20). The lowest BCUT2D eigenvalue weighted by molar-refractivity contribution is 0.516. The van der Waals surface area contributed by atoms with Crippen LogP contribution in [0.2, 0.25) is 0 Å². The van der Waals surface area contributed by atoms with Gasteiger partial charge in [0.25, 0.3) is 0 Å². The maximum atomic E-state index is 5.87. The molecule has 20 heavy (non-hydrogen) atoms. The van der Waals surface area contributed by atoms with Crippen molar-refractivity contribution in [3.8, 4) is 11.4 Å². The van der Waals surface area contributed by atoms with Crippen molar-refractivity contribution in [3.63, 3.8) is 0 Å². The van der Waals surface area contributed by atoms with Crippen LogP contribution in [0.15, 0.2) is 30.3 Å². The van der Waals surface area contributed by atoms with Crippen molar-refractivity contribution in [2.75, 3.05) is 5.73 Å². The van der Waals surface area contributed by atoms with Crippen molar-refractivity contribution in [2.45, 2.75) is 38.5 Å². The second-order valence-electron chi connectivity index (χ2n) is 5.53. The Kier molecular flexibility index (Phi) is 3.63. The zero-order valence-electron chi connectivity index (χ0n) is 11.8. The summed E-state index contributed by atoms with van der Waals surface area (Å²) in [5.74, 6) is 3.13. The van der Waals surface area contributed by atoms with E-state index in [-0.39, 0.29) is 0 Å². The van der Waals surface area contributed by atoms with Crippen molar-refractivity contribution in [2.24, 2.45) is 5.92 Å². The van der Waals surface area contributed by atoms with E-state index in [9.17, 15) is 0 Å². The molecular formula is C16H20N4. The number of anilines is 1. The molecule has 1 saturated carbocycles. The fourth-order valence-electron chi connectivity index (χ4n) is 2.99. The molecule has 4 nitrogen and oxygen atoms in total. The summed E-state index contributed by atoms with van der Waals surface area (Å²) in [6, 6.07) is 9.96. The molecule has 2 aromatic rings. The van der Waals surface area contributed by atoms with Crippen molar-refractivity contribution < 1.29 is 0 Å². The number of hydrogen-bond acceptors (Lipinski definition) is 4. The Bertz CT molecular complexity index is 582. The number of aromatic nitrogens is 3. The summed E-state index contributed by atoms with van der Waals surface area (Å²) >= 11 is 0. The van der Waals surface area contributed by atoms with E-state index >= 15 is 0 Å². The number of nitrogens with two attached hydrogens (primary N) is 1. The minimum Gasteiger partial charge on any atom is -0.368 e. The summed E-state index contributed by atoms with van der Waals surface area (Å²) in [5.41, 5.74) is 6.86. The molecule has 0 amide bonds. The summed E-state index contributed by atoms with van der Waals surface area (Å²) in [4.78, 5) is 13.3. The molecule has 2 N–H and O–H groups in total. The Balaban J connectivity index is 1.92. The molecule has 1 aliphatic rings. The third kappa shape index (κ3) is 2.64. The molecule has 1 aromatic heterocycles. The summed E-state index contributed by atoms with van der Waals surface area (Å²) in [7, 11) is 0. The molecule has 0 bridgehead atoms. The van der Waals surface area contributed by atoms with E-state index in [0.29, 0.717) is 17.7 Å². The molecule has 0 saturated heterocycles. The molecule has 1 fully saturated rings. The van der Waals surface area contributed by atoms with Crippen LogP contribution in [0.4, 0.5) is 5.95 Å². The Morgan fingerprint density at radius 2 is 1.90 bits per heavy atom. The molecule has 2 atom stereocenters. The minimum absolute atomic E-state index is 0.328. The SMILES string of the molecule is CCC1CCC(c2nc(N)nc(-c3ccccc3)n2)C1. The summed E-state index contributed by atoms with van der Waals surface area (Å²) in [6.45, 7) is 2.25. The minimum atomic E-state index is 0.328. The van der Waals surface area contributed by atoms with Gasteiger partial charge in [0.1, 0.15) is 5.82 Å². The predicted molar refractivity (Wildman–Crippen MR) is 80.0 cm³/mol. The molecule has 1 heterocycles. The smallest absolute Gasteiger partial charge is 0.223 e. The zero-order chi connectivity index (χ0) is 13.9. The fourth-order valence-corrected chi connectivity index (χ4v) is 2.99. The lowest BCUT2D eigenvalue weighted by Crippen LogP contribution is -2.08. The van der Waals surface area contributed by atoms with Gasteiger partial charge < -0.3 is 5.73 Å². The van der Waals surface area contributed by atoms with Crippen LogP contribution < -0.4 is 5.73 Å². The van der Waals surface area contributed by atoms with E-state index in [1.807, 2.05) is 30.3 Å². The van der Waals surface area contributed by atoms with Gasteiger partial charge in [0.15, 0.2) is 5.82 Å². The highest BCUT2D eigenvalue weighted by Gasteiger charge is 2.27. The molecule has 1 aliphatic carbocycles. The first-order chi connectivity index (χ1) is 9.76. The van der Waals surface area contributed by atoms with Gasteiger partial charge in [-0.2, -0.15) is 9.97 Å². The quantitative estimate of drug-likeness (QED) is 0.926. The molecule has 0 radical (unpaired) electrons. The molecule has 2 unspecified atom stereocenters. The van der Waals surface area contributed by atoms with Gasteiger partial charge in [0, 0.05) is 11.5 Å². The molecule has 0 aliphatic heterocycles. The third-order valence-electron chi connectivity index (χ3n) is 4.19. The van der Waals surface area contributed by atoms with Gasteiger partial charge in [-0.3, -0.25) is 0 Å². The van der Waals surface area contributed by atoms with E-state index in [1.54, 1.807) is 0 Å². The van der Waals surface area contributed by atoms with Gasteiger partial charge in [-0.1, -0.05) is 43.7 Å². The van der Waals surface area contributed by atoms with Gasteiger partial charge in [-0.25, -0.2) is 4.98 Å². The molecule has 104 valence electrons. The van der Waals surface area contributed by atoms with Crippen molar-refractivity contribution in [1.82, 2.24) is 15.0 Å². The molecule has 4 heteroatoms. The van der Waals surface area contributed by atoms with Gasteiger partial charge in [0.05, 0.1) is 0 Å². The molecule has 3 rings (SSSR count). The molecule has 0 spiro atoms. The van der Waals surface area contributed by atoms with Crippen LogP contribution >= 0.6 is 0 Å². The fraction of sp³-hybridized carbons (Fsp3) is 0.438. The normalized spacial score (nSPS) is 22.1. The van der Waals surface area contributed by atoms with Crippen LogP contribution in [0.3, 0.4) is 0 Å². The number of nitrogens with zero attached hydrogens (tertiary/aromatic N) is 3. The lowest BCUT2D eigenvalue weighted by atomic mass is 10.0. The first-order valence-corrected chi connectivity index (χ1v) is 7.33. The number of benzene rings is 1. The largest absolute Gasteiger partial charge is 0.368 e. The second-order valence-corrected chi connectivity index (χ2v) is 5.53. The van der Waals surface area contributed by atoms with Crippen LogP contribution in [0, 0.1) is 5.92 Å². The van der Waals surface area contributed by atoms with Crippen LogP contribution in [-0.2, 0) is 0 Å². The number of rotatable bonds is 3. The van der Waals surface area contributed by atoms with Crippen LogP contribution in [0.1, 0.15) is 44.3 Å². The highest BCUT2D eigenvalue weighted by atomic mass is 15.1. The Morgan fingerprint density at radius 1 is 1.10 bits per heavy atom. The van der Waals surface area contributed by atoms with Gasteiger partial charge in [0.2, 0.25) is 5.95 Å². The van der Waals surface area contributed by atoms with E-state index in [2.05, 4.69) is 21.9 Å². The third-order valence-corrected chi connectivity index (χ3v) is 4.19. The van der Waals surface area contributed by atoms with Gasteiger partial charge >= 0.3 is 0 Å². The second kappa shape index (κ2) is 5.57. The van der Waals surface area contributed by atoms with Gasteiger partial charge in [-0.15, -0.1) is 0 Å². The molecular weight excluding hydrogens is 248 g/mol. The van der Waals surface area contributed by atoms with Crippen LogP contribution in [0.5, 0.6) is 0 Å². The maximum Gasteiger partial charge on any atom is 0.223 e. The van der Waals surface area contributed by atoms with E-state index in [4.69, 9.17) is 5.73 Å². The number of nitrogen functional groups attached to an aromatic ring is 1. The maximum absolute atomic E-state index is 5.87. The molecule has 1 aromatic carbocycles. The van der Waals surface area contributed by atoms with E-state index in [0.717, 1.165) is 23.7 Å². The average Bonchev–Trinajstić information content (AvgIpc) is 2.96. The average molecular weight is 268 g/mol. The first-order valence-electron chi connectivity index (χ1n) is 7.33. The Labute approximate surface area is 119 Å². The Morgan fingerprint density at radius 3 is 2.60 bits per heavy atom. The van der Waals surface area contributed by atoms with Crippen LogP contribution in [0.25, 0.3) is 11.4 Å². The monoisotopic (exact) mass is 268 g/mol. The van der Waals surface area contributed by atoms with E-state index in [1.165, 1.54) is 19.3 Å². The van der Waals surface area contributed by atoms with Crippen molar-refractivity contribution >= 4 is 5.95 Å². The summed E-state index contributed by atoms with van der Waals surface area (Å²) in [6.07, 6.45) is 4.85. The highest BCUT2D eigenvalue weighted by molar-refractivity contribution is 5.55. The van der Waals surface area contributed by atoms with Crippen LogP contribution in [-0.4, -0.2) is 15.0 Å². The Hall–Kier alpha value is -1.97. The first kappa shape index (κ1) is 13.0. The zero-order valence-corrected chi connectivity index (χ0v) is 11.8.